The van der Waals surface area contributed by atoms with Crippen LogP contribution in [0.4, 0.5) is 5.69 Å². The van der Waals surface area contributed by atoms with Gasteiger partial charge >= 0.3 is 0 Å². The first-order valence-corrected chi connectivity index (χ1v) is 6.03. The van der Waals surface area contributed by atoms with Gasteiger partial charge in [-0.25, -0.2) is 0 Å². The number of anilines is 1. The number of furan rings is 1. The van der Waals surface area contributed by atoms with E-state index in [2.05, 4.69) is 15.5 Å². The third kappa shape index (κ3) is 2.41. The third-order valence-corrected chi connectivity index (χ3v) is 2.91. The summed E-state index contributed by atoms with van der Waals surface area (Å²) in [7, 11) is 0. The van der Waals surface area contributed by atoms with Crippen LogP contribution in [0.3, 0.4) is 0 Å². The van der Waals surface area contributed by atoms with Gasteiger partial charge in [0.15, 0.2) is 0 Å². The van der Waals surface area contributed by atoms with Gasteiger partial charge in [-0.3, -0.25) is 4.79 Å². The first-order valence-electron chi connectivity index (χ1n) is 5.65. The van der Waals surface area contributed by atoms with E-state index >= 15 is 0 Å². The van der Waals surface area contributed by atoms with Crippen LogP contribution in [0.25, 0.3) is 11.5 Å². The zero-order chi connectivity index (χ0) is 13.9. The summed E-state index contributed by atoms with van der Waals surface area (Å²) < 4.78 is 9.94. The molecule has 1 amide bonds. The zero-order valence-electron chi connectivity index (χ0n) is 10.0. The summed E-state index contributed by atoms with van der Waals surface area (Å²) in [5, 5.41) is 10.2. The third-order valence-electron chi connectivity index (χ3n) is 2.61. The van der Waals surface area contributed by atoms with Crippen molar-refractivity contribution in [2.75, 3.05) is 5.32 Å². The van der Waals surface area contributed by atoms with Gasteiger partial charge in [0.05, 0.1) is 11.8 Å². The van der Waals surface area contributed by atoms with Gasteiger partial charge < -0.3 is 14.2 Å². The number of hydrogen-bond donors (Lipinski definition) is 1. The summed E-state index contributed by atoms with van der Waals surface area (Å²) >= 11 is 5.74. The molecule has 0 saturated carbocycles. The molecule has 0 aliphatic heterocycles. The molecule has 0 unspecified atom stereocenters. The summed E-state index contributed by atoms with van der Waals surface area (Å²) in [5.41, 5.74) is 1.67. The van der Waals surface area contributed by atoms with Crippen molar-refractivity contribution in [1.82, 2.24) is 10.2 Å². The predicted octanol–water partition coefficient (Wildman–Crippen LogP) is 3.24. The molecule has 20 heavy (non-hydrogen) atoms. The van der Waals surface area contributed by atoms with E-state index in [1.807, 2.05) is 0 Å². The van der Waals surface area contributed by atoms with Crippen molar-refractivity contribution in [3.8, 4) is 11.5 Å². The highest BCUT2D eigenvalue weighted by molar-refractivity contribution is 6.32. The number of nitrogens with one attached hydrogen (secondary N) is 1. The quantitative estimate of drug-likeness (QED) is 0.800. The van der Waals surface area contributed by atoms with Gasteiger partial charge in [-0.05, 0) is 41.9 Å². The average Bonchev–Trinajstić information content (AvgIpc) is 3.10. The Bertz CT molecular complexity index is 720. The maximum Gasteiger partial charge on any atom is 0.260 e. The summed E-state index contributed by atoms with van der Waals surface area (Å²) in [6.07, 6.45) is 2.61. The number of aromatic nitrogens is 2. The maximum absolute atomic E-state index is 11.9. The number of amides is 1. The lowest BCUT2D eigenvalue weighted by Gasteiger charge is -2.04. The molecule has 0 atom stereocenters. The molecule has 3 aromatic rings. The van der Waals surface area contributed by atoms with Crippen LogP contribution in [0.1, 0.15) is 10.4 Å². The van der Waals surface area contributed by atoms with Crippen LogP contribution in [0.2, 0.25) is 5.22 Å². The van der Waals surface area contributed by atoms with Crippen LogP contribution in [0.5, 0.6) is 0 Å². The van der Waals surface area contributed by atoms with Gasteiger partial charge in [0, 0.05) is 11.3 Å². The summed E-state index contributed by atoms with van der Waals surface area (Å²) in [5.74, 6) is 0.0787. The van der Waals surface area contributed by atoms with E-state index in [0.717, 1.165) is 5.56 Å². The van der Waals surface area contributed by atoms with E-state index in [1.165, 1.54) is 18.7 Å². The zero-order valence-corrected chi connectivity index (χ0v) is 10.8. The molecule has 1 N–H and O–H groups in total. The Morgan fingerprint density at radius 2 is 1.95 bits per heavy atom. The number of halogens is 1. The number of rotatable bonds is 3. The minimum Gasteiger partial charge on any atom is -0.452 e. The van der Waals surface area contributed by atoms with E-state index in [0.29, 0.717) is 11.6 Å². The molecule has 1 aromatic carbocycles. The first kappa shape index (κ1) is 12.4. The van der Waals surface area contributed by atoms with Crippen molar-refractivity contribution in [3.63, 3.8) is 0 Å². The standard InChI is InChI=1S/C13H8ClN3O3/c14-11-10(5-6-19-11)12(18)16-9-3-1-8(2-4-9)13-17-15-7-20-13/h1-7H,(H,16,18). The highest BCUT2D eigenvalue weighted by Gasteiger charge is 2.13. The monoisotopic (exact) mass is 289 g/mol. The Balaban J connectivity index is 1.76. The van der Waals surface area contributed by atoms with Crippen LogP contribution < -0.4 is 5.32 Å². The largest absolute Gasteiger partial charge is 0.452 e. The molecule has 6 nitrogen and oxygen atoms in total. The highest BCUT2D eigenvalue weighted by atomic mass is 35.5. The van der Waals surface area contributed by atoms with Crippen LogP contribution in [-0.4, -0.2) is 16.1 Å². The number of carbonyl (C=O) groups is 1. The van der Waals surface area contributed by atoms with Gasteiger partial charge in [-0.1, -0.05) is 0 Å². The Labute approximate surface area is 118 Å². The van der Waals surface area contributed by atoms with Crippen LogP contribution in [0, 0.1) is 0 Å². The van der Waals surface area contributed by atoms with Gasteiger partial charge in [-0.2, -0.15) is 0 Å². The highest BCUT2D eigenvalue weighted by Crippen LogP contribution is 2.21. The predicted molar refractivity (Wildman–Crippen MR) is 71.4 cm³/mol. The Hall–Kier alpha value is -2.60. The number of benzene rings is 1. The fourth-order valence-corrected chi connectivity index (χ4v) is 1.85. The summed E-state index contributed by atoms with van der Waals surface area (Å²) in [6, 6.07) is 8.49. The number of hydrogen-bond acceptors (Lipinski definition) is 5. The lowest BCUT2D eigenvalue weighted by molar-refractivity contribution is 0.102. The molecule has 2 heterocycles. The molecule has 0 saturated heterocycles. The molecule has 2 aromatic heterocycles. The van der Waals surface area contributed by atoms with E-state index in [4.69, 9.17) is 20.4 Å². The average molecular weight is 290 g/mol. The van der Waals surface area contributed by atoms with E-state index in [-0.39, 0.29) is 16.7 Å². The topological polar surface area (TPSA) is 81.2 Å². The lowest BCUT2D eigenvalue weighted by Crippen LogP contribution is -2.11. The molecule has 0 bridgehead atoms. The summed E-state index contributed by atoms with van der Waals surface area (Å²) in [4.78, 5) is 11.9. The lowest BCUT2D eigenvalue weighted by atomic mass is 10.2. The van der Waals surface area contributed by atoms with Crippen LogP contribution >= 0.6 is 11.6 Å². The molecule has 0 aliphatic carbocycles. The Morgan fingerprint density at radius 1 is 1.15 bits per heavy atom. The normalized spacial score (nSPS) is 10.4. The smallest absolute Gasteiger partial charge is 0.260 e. The van der Waals surface area contributed by atoms with Gasteiger partial charge in [0.25, 0.3) is 5.91 Å². The van der Waals surface area contributed by atoms with Crippen molar-refractivity contribution in [3.05, 3.63) is 53.8 Å². The molecule has 0 fully saturated rings. The molecule has 0 spiro atoms. The minimum atomic E-state index is -0.339. The van der Waals surface area contributed by atoms with Gasteiger partial charge in [0.1, 0.15) is 0 Å². The fraction of sp³-hybridized carbons (Fsp3) is 0. The molecule has 100 valence electrons. The SMILES string of the molecule is O=C(Nc1ccc(-c2nnco2)cc1)c1ccoc1Cl. The van der Waals surface area contributed by atoms with Crippen molar-refractivity contribution in [1.29, 1.82) is 0 Å². The van der Waals surface area contributed by atoms with Crippen molar-refractivity contribution < 1.29 is 13.6 Å². The maximum atomic E-state index is 11.9. The van der Waals surface area contributed by atoms with Crippen LogP contribution in [0.15, 0.2) is 51.8 Å². The van der Waals surface area contributed by atoms with Crippen molar-refractivity contribution >= 4 is 23.2 Å². The molecule has 0 aliphatic rings. The van der Waals surface area contributed by atoms with Crippen molar-refractivity contribution in [2.45, 2.75) is 0 Å². The number of carbonyl (C=O) groups excluding carboxylic acids is 1. The van der Waals surface area contributed by atoms with Crippen molar-refractivity contribution in [2.24, 2.45) is 0 Å². The molecule has 7 heteroatoms. The second-order valence-corrected chi connectivity index (χ2v) is 4.23. The van der Waals surface area contributed by atoms with Crippen LogP contribution in [-0.2, 0) is 0 Å². The Morgan fingerprint density at radius 3 is 2.55 bits per heavy atom. The number of nitrogens with zero attached hydrogens (tertiary/aromatic N) is 2. The fourth-order valence-electron chi connectivity index (χ4n) is 1.65. The summed E-state index contributed by atoms with van der Waals surface area (Å²) in [6.45, 7) is 0. The Kier molecular flexibility index (Phi) is 3.22. The molecular weight excluding hydrogens is 282 g/mol. The van der Waals surface area contributed by atoms with E-state index in [9.17, 15) is 4.79 Å². The molecule has 3 rings (SSSR count). The molecular formula is C13H8ClN3O3. The first-order chi connectivity index (χ1) is 9.74. The van der Waals surface area contributed by atoms with E-state index < -0.39 is 0 Å². The minimum absolute atomic E-state index is 0.0602. The second kappa shape index (κ2) is 5.18. The van der Waals surface area contributed by atoms with Gasteiger partial charge in [0.2, 0.25) is 17.5 Å². The van der Waals surface area contributed by atoms with E-state index in [1.54, 1.807) is 24.3 Å². The second-order valence-electron chi connectivity index (χ2n) is 3.88. The molecule has 0 radical (unpaired) electrons. The van der Waals surface area contributed by atoms with Gasteiger partial charge in [-0.15, -0.1) is 10.2 Å².